The van der Waals surface area contributed by atoms with Gasteiger partial charge in [0, 0.05) is 12.6 Å². The third-order valence-electron chi connectivity index (χ3n) is 3.06. The molecule has 0 aliphatic carbocycles. The summed E-state index contributed by atoms with van der Waals surface area (Å²) in [4.78, 5) is 6.97. The van der Waals surface area contributed by atoms with Gasteiger partial charge >= 0.3 is 0 Å². The number of nitrogens with zero attached hydrogens (tertiary/aromatic N) is 2. The summed E-state index contributed by atoms with van der Waals surface area (Å²) in [6.07, 6.45) is 2.59. The molecule has 1 atom stereocenters. The van der Waals surface area contributed by atoms with Crippen molar-refractivity contribution in [1.82, 2.24) is 4.98 Å². The average molecular weight is 269 g/mol. The lowest BCUT2D eigenvalue weighted by atomic mass is 10.0. The summed E-state index contributed by atoms with van der Waals surface area (Å²) in [6, 6.07) is 6.80. The van der Waals surface area contributed by atoms with Gasteiger partial charge in [-0.2, -0.15) is 0 Å². The summed E-state index contributed by atoms with van der Waals surface area (Å²) in [5, 5.41) is 0. The van der Waals surface area contributed by atoms with Crippen LogP contribution in [0.1, 0.15) is 26.7 Å². The van der Waals surface area contributed by atoms with Crippen molar-refractivity contribution >= 4 is 21.7 Å². The molecule has 2 nitrogen and oxygen atoms in total. The summed E-state index contributed by atoms with van der Waals surface area (Å²) >= 11 is 3.43. The van der Waals surface area contributed by atoms with E-state index < -0.39 is 0 Å². The highest BCUT2D eigenvalue weighted by atomic mass is 79.9. The molecule has 15 heavy (non-hydrogen) atoms. The topological polar surface area (TPSA) is 16.1 Å². The van der Waals surface area contributed by atoms with Crippen molar-refractivity contribution < 1.29 is 0 Å². The van der Waals surface area contributed by atoms with Crippen LogP contribution in [-0.2, 0) is 0 Å². The van der Waals surface area contributed by atoms with Gasteiger partial charge in [-0.15, -0.1) is 0 Å². The predicted octanol–water partition coefficient (Wildman–Crippen LogP) is 3.47. The van der Waals surface area contributed by atoms with Crippen molar-refractivity contribution in [3.05, 3.63) is 22.8 Å². The third-order valence-corrected chi connectivity index (χ3v) is 3.51. The molecular formula is C12H17BrN2. The fourth-order valence-electron chi connectivity index (χ4n) is 2.33. The Bertz CT molecular complexity index is 338. The first kappa shape index (κ1) is 10.9. The number of halogens is 1. The van der Waals surface area contributed by atoms with E-state index in [1.54, 1.807) is 0 Å². The molecule has 0 spiro atoms. The number of aromatic nitrogens is 1. The van der Waals surface area contributed by atoms with Crippen molar-refractivity contribution in [2.24, 2.45) is 5.92 Å². The summed E-state index contributed by atoms with van der Waals surface area (Å²) in [7, 11) is 0. The van der Waals surface area contributed by atoms with E-state index in [1.807, 2.05) is 6.07 Å². The van der Waals surface area contributed by atoms with E-state index in [9.17, 15) is 0 Å². The van der Waals surface area contributed by atoms with Crippen molar-refractivity contribution in [2.45, 2.75) is 32.7 Å². The van der Waals surface area contributed by atoms with E-state index in [-0.39, 0.29) is 0 Å². The van der Waals surface area contributed by atoms with Crippen molar-refractivity contribution in [3.8, 4) is 0 Å². The van der Waals surface area contributed by atoms with Crippen LogP contribution >= 0.6 is 15.9 Å². The van der Waals surface area contributed by atoms with Gasteiger partial charge in [0.2, 0.25) is 0 Å². The van der Waals surface area contributed by atoms with Crippen LogP contribution < -0.4 is 4.90 Å². The Morgan fingerprint density at radius 1 is 1.47 bits per heavy atom. The molecule has 0 aromatic carbocycles. The number of pyridine rings is 1. The van der Waals surface area contributed by atoms with Gasteiger partial charge in [0.15, 0.2) is 0 Å². The molecule has 1 aliphatic rings. The van der Waals surface area contributed by atoms with Crippen molar-refractivity contribution in [2.75, 3.05) is 11.4 Å². The van der Waals surface area contributed by atoms with Gasteiger partial charge in [-0.3, -0.25) is 0 Å². The Balaban J connectivity index is 2.22. The zero-order chi connectivity index (χ0) is 10.8. The lowest BCUT2D eigenvalue weighted by Crippen LogP contribution is -2.33. The van der Waals surface area contributed by atoms with E-state index in [1.165, 1.54) is 12.8 Å². The predicted molar refractivity (Wildman–Crippen MR) is 67.1 cm³/mol. The van der Waals surface area contributed by atoms with Gasteiger partial charge in [-0.1, -0.05) is 19.9 Å². The molecule has 1 unspecified atom stereocenters. The Morgan fingerprint density at radius 3 is 2.93 bits per heavy atom. The maximum absolute atomic E-state index is 4.53. The zero-order valence-electron chi connectivity index (χ0n) is 9.28. The molecule has 82 valence electrons. The third kappa shape index (κ3) is 2.33. The lowest BCUT2D eigenvalue weighted by molar-refractivity contribution is 0.489. The molecule has 0 saturated carbocycles. The fraction of sp³-hybridized carbons (Fsp3) is 0.583. The first-order chi connectivity index (χ1) is 7.18. The highest BCUT2D eigenvalue weighted by Gasteiger charge is 2.27. The second kappa shape index (κ2) is 4.52. The smallest absolute Gasteiger partial charge is 0.130 e. The van der Waals surface area contributed by atoms with Crippen molar-refractivity contribution in [3.63, 3.8) is 0 Å². The van der Waals surface area contributed by atoms with E-state index in [0.717, 1.165) is 17.0 Å². The van der Waals surface area contributed by atoms with Crippen molar-refractivity contribution in [1.29, 1.82) is 0 Å². The molecular weight excluding hydrogens is 252 g/mol. The molecule has 1 saturated heterocycles. The second-order valence-corrected chi connectivity index (χ2v) is 5.28. The number of hydrogen-bond acceptors (Lipinski definition) is 2. The van der Waals surface area contributed by atoms with Gasteiger partial charge in [0.1, 0.15) is 10.4 Å². The summed E-state index contributed by atoms with van der Waals surface area (Å²) in [5.74, 6) is 1.81. The molecule has 0 N–H and O–H groups in total. The van der Waals surface area contributed by atoms with Crippen LogP contribution in [0.4, 0.5) is 5.82 Å². The molecule has 3 heteroatoms. The minimum absolute atomic E-state index is 0.659. The monoisotopic (exact) mass is 268 g/mol. The average Bonchev–Trinajstić information content (AvgIpc) is 2.65. The Morgan fingerprint density at radius 2 is 2.27 bits per heavy atom. The largest absolute Gasteiger partial charge is 0.353 e. The number of rotatable bonds is 2. The van der Waals surface area contributed by atoms with Crippen LogP contribution in [0.3, 0.4) is 0 Å². The maximum Gasteiger partial charge on any atom is 0.130 e. The molecule has 2 rings (SSSR count). The Labute approximate surface area is 99.8 Å². The molecule has 1 aromatic heterocycles. The van der Waals surface area contributed by atoms with Gasteiger partial charge in [-0.05, 0) is 46.8 Å². The molecule has 1 aromatic rings. The second-order valence-electron chi connectivity index (χ2n) is 4.47. The normalized spacial score (nSPS) is 21.3. The molecule has 0 amide bonds. The van der Waals surface area contributed by atoms with Crippen LogP contribution in [0.2, 0.25) is 0 Å². The minimum atomic E-state index is 0.659. The first-order valence-electron chi connectivity index (χ1n) is 5.57. The first-order valence-corrected chi connectivity index (χ1v) is 6.37. The van der Waals surface area contributed by atoms with Gasteiger partial charge in [0.25, 0.3) is 0 Å². The van der Waals surface area contributed by atoms with E-state index in [4.69, 9.17) is 0 Å². The summed E-state index contributed by atoms with van der Waals surface area (Å²) in [6.45, 7) is 5.73. The van der Waals surface area contributed by atoms with Gasteiger partial charge < -0.3 is 4.90 Å². The summed E-state index contributed by atoms with van der Waals surface area (Å²) in [5.41, 5.74) is 0. The van der Waals surface area contributed by atoms with E-state index >= 15 is 0 Å². The SMILES string of the molecule is CC(C)C1CCCN1c1cccc(Br)n1. The number of hydrogen-bond donors (Lipinski definition) is 0. The lowest BCUT2D eigenvalue weighted by Gasteiger charge is -2.28. The molecule has 1 aliphatic heterocycles. The highest BCUT2D eigenvalue weighted by Crippen LogP contribution is 2.28. The Hall–Kier alpha value is -0.570. The quantitative estimate of drug-likeness (QED) is 0.764. The van der Waals surface area contributed by atoms with E-state index in [2.05, 4.69) is 51.8 Å². The van der Waals surface area contributed by atoms with Crippen LogP contribution in [0, 0.1) is 5.92 Å². The zero-order valence-corrected chi connectivity index (χ0v) is 10.9. The highest BCUT2D eigenvalue weighted by molar-refractivity contribution is 9.10. The summed E-state index contributed by atoms with van der Waals surface area (Å²) < 4.78 is 0.925. The van der Waals surface area contributed by atoms with Crippen LogP contribution in [0.5, 0.6) is 0 Å². The van der Waals surface area contributed by atoms with Gasteiger partial charge in [0.05, 0.1) is 0 Å². The minimum Gasteiger partial charge on any atom is -0.353 e. The van der Waals surface area contributed by atoms with E-state index in [0.29, 0.717) is 12.0 Å². The molecule has 0 bridgehead atoms. The molecule has 1 fully saturated rings. The fourth-order valence-corrected chi connectivity index (χ4v) is 2.66. The Kier molecular flexibility index (Phi) is 3.29. The van der Waals surface area contributed by atoms with Crippen LogP contribution in [-0.4, -0.2) is 17.6 Å². The van der Waals surface area contributed by atoms with Gasteiger partial charge in [-0.25, -0.2) is 4.98 Å². The molecule has 2 heterocycles. The molecule has 0 radical (unpaired) electrons. The maximum atomic E-state index is 4.53. The van der Waals surface area contributed by atoms with Crippen LogP contribution in [0.15, 0.2) is 22.8 Å². The standard InChI is InChI=1S/C12H17BrN2/c1-9(2)10-5-4-8-15(10)12-7-3-6-11(13)14-12/h3,6-7,9-10H,4-5,8H2,1-2H3. The van der Waals surface area contributed by atoms with Crippen LogP contribution in [0.25, 0.3) is 0 Å². The number of anilines is 1.